The van der Waals surface area contributed by atoms with Crippen molar-refractivity contribution in [1.29, 1.82) is 0 Å². The molecule has 3 N–H and O–H groups in total. The summed E-state index contributed by atoms with van der Waals surface area (Å²) in [6.45, 7) is 1.90. The second-order valence-corrected chi connectivity index (χ2v) is 6.15. The van der Waals surface area contributed by atoms with Gasteiger partial charge >= 0.3 is 0 Å². The van der Waals surface area contributed by atoms with Crippen molar-refractivity contribution in [3.05, 3.63) is 23.9 Å². The summed E-state index contributed by atoms with van der Waals surface area (Å²) >= 11 is 0. The van der Waals surface area contributed by atoms with Gasteiger partial charge < -0.3 is 20.6 Å². The number of allylic oxidation sites excluding steroid dienone is 1. The highest BCUT2D eigenvalue weighted by Crippen LogP contribution is 2.22. The Kier molecular flexibility index (Phi) is 4.76. The Hall–Kier alpha value is -2.15. The van der Waals surface area contributed by atoms with Crippen LogP contribution in [0.15, 0.2) is 23.9 Å². The van der Waals surface area contributed by atoms with Gasteiger partial charge in [-0.05, 0) is 25.3 Å². The van der Waals surface area contributed by atoms with E-state index in [4.69, 9.17) is 5.73 Å². The SMILES string of the molecule is Nc1ccnc(N2CCN(C(=O)CC3=CCCC3)C[C@H](O)C2)n1. The molecule has 1 amide bonds. The normalized spacial score (nSPS) is 22.0. The number of nitrogen functional groups attached to an aromatic ring is 1. The van der Waals surface area contributed by atoms with Gasteiger partial charge in [0.15, 0.2) is 0 Å². The summed E-state index contributed by atoms with van der Waals surface area (Å²) in [6, 6.07) is 1.63. The van der Waals surface area contributed by atoms with Gasteiger partial charge in [0.1, 0.15) is 5.82 Å². The van der Waals surface area contributed by atoms with E-state index in [1.807, 2.05) is 4.90 Å². The molecule has 7 nitrogen and oxygen atoms in total. The van der Waals surface area contributed by atoms with Crippen LogP contribution in [0.2, 0.25) is 0 Å². The Bertz CT molecular complexity index is 604. The first-order valence-corrected chi connectivity index (χ1v) is 8.09. The maximum absolute atomic E-state index is 12.5. The average molecular weight is 317 g/mol. The molecule has 0 aromatic carbocycles. The van der Waals surface area contributed by atoms with Crippen molar-refractivity contribution in [2.45, 2.75) is 31.8 Å². The highest BCUT2D eigenvalue weighted by Gasteiger charge is 2.26. The van der Waals surface area contributed by atoms with E-state index >= 15 is 0 Å². The summed E-state index contributed by atoms with van der Waals surface area (Å²) in [6.07, 6.45) is 6.86. The van der Waals surface area contributed by atoms with Gasteiger partial charge in [-0.25, -0.2) is 4.98 Å². The molecule has 1 aliphatic heterocycles. The molecule has 1 aromatic heterocycles. The number of hydrogen-bond acceptors (Lipinski definition) is 6. The number of β-amino-alcohol motifs (C(OH)–C–C–N with tert-alkyl or cyclic N) is 1. The number of carbonyl (C=O) groups is 1. The molecule has 0 radical (unpaired) electrons. The smallest absolute Gasteiger partial charge is 0.227 e. The van der Waals surface area contributed by atoms with Crippen LogP contribution >= 0.6 is 0 Å². The molecule has 124 valence electrons. The van der Waals surface area contributed by atoms with E-state index in [1.165, 1.54) is 5.57 Å². The highest BCUT2D eigenvalue weighted by molar-refractivity contribution is 5.79. The minimum atomic E-state index is -0.621. The van der Waals surface area contributed by atoms with Crippen molar-refractivity contribution in [3.8, 4) is 0 Å². The number of aliphatic hydroxyl groups excluding tert-OH is 1. The van der Waals surface area contributed by atoms with E-state index in [2.05, 4.69) is 16.0 Å². The van der Waals surface area contributed by atoms with E-state index in [-0.39, 0.29) is 5.91 Å². The van der Waals surface area contributed by atoms with Crippen LogP contribution in [0.1, 0.15) is 25.7 Å². The lowest BCUT2D eigenvalue weighted by molar-refractivity contribution is -0.131. The predicted octanol–water partition coefficient (Wildman–Crippen LogP) is 0.569. The van der Waals surface area contributed by atoms with Crippen LogP contribution in [0.25, 0.3) is 0 Å². The largest absolute Gasteiger partial charge is 0.389 e. The zero-order chi connectivity index (χ0) is 16.2. The van der Waals surface area contributed by atoms with Gasteiger partial charge in [0.25, 0.3) is 0 Å². The minimum absolute atomic E-state index is 0.0903. The lowest BCUT2D eigenvalue weighted by atomic mass is 10.1. The topological polar surface area (TPSA) is 95.6 Å². The third-order valence-electron chi connectivity index (χ3n) is 4.32. The van der Waals surface area contributed by atoms with E-state index in [1.54, 1.807) is 17.2 Å². The van der Waals surface area contributed by atoms with Crippen molar-refractivity contribution < 1.29 is 9.90 Å². The zero-order valence-corrected chi connectivity index (χ0v) is 13.2. The summed E-state index contributed by atoms with van der Waals surface area (Å²) in [4.78, 5) is 24.5. The van der Waals surface area contributed by atoms with Crippen LogP contribution < -0.4 is 10.6 Å². The van der Waals surface area contributed by atoms with Gasteiger partial charge in [-0.1, -0.05) is 11.6 Å². The molecule has 0 saturated carbocycles. The number of aliphatic hydroxyl groups is 1. The standard InChI is InChI=1S/C16H23N5O2/c17-14-5-6-18-16(19-14)21-8-7-20(10-13(22)11-21)15(23)9-12-3-1-2-4-12/h3,5-6,13,22H,1-2,4,7-11H2,(H2,17,18,19)/t13-/m0/s1. The molecule has 7 heteroatoms. The average Bonchev–Trinajstić information content (AvgIpc) is 2.94. The second-order valence-electron chi connectivity index (χ2n) is 6.15. The van der Waals surface area contributed by atoms with Crippen LogP contribution in [0.4, 0.5) is 11.8 Å². The van der Waals surface area contributed by atoms with Gasteiger partial charge in [-0.2, -0.15) is 4.98 Å². The van der Waals surface area contributed by atoms with Crippen LogP contribution in [0.3, 0.4) is 0 Å². The Labute approximate surface area is 135 Å². The second kappa shape index (κ2) is 6.95. The van der Waals surface area contributed by atoms with Crippen LogP contribution in [-0.2, 0) is 4.79 Å². The number of anilines is 2. The zero-order valence-electron chi connectivity index (χ0n) is 13.2. The maximum atomic E-state index is 12.5. The van der Waals surface area contributed by atoms with E-state index in [9.17, 15) is 9.90 Å². The lowest BCUT2D eigenvalue weighted by Crippen LogP contribution is -2.37. The third-order valence-corrected chi connectivity index (χ3v) is 4.32. The Morgan fingerprint density at radius 2 is 2.26 bits per heavy atom. The number of hydrogen-bond donors (Lipinski definition) is 2. The monoisotopic (exact) mass is 317 g/mol. The summed E-state index contributed by atoms with van der Waals surface area (Å²) in [5.74, 6) is 0.985. The number of carbonyl (C=O) groups excluding carboxylic acids is 1. The van der Waals surface area contributed by atoms with Gasteiger partial charge in [-0.15, -0.1) is 0 Å². The number of nitrogens with zero attached hydrogens (tertiary/aromatic N) is 4. The molecule has 23 heavy (non-hydrogen) atoms. The molecule has 2 aliphatic rings. The third kappa shape index (κ3) is 3.98. The molecule has 0 unspecified atom stereocenters. The highest BCUT2D eigenvalue weighted by atomic mass is 16.3. The van der Waals surface area contributed by atoms with Gasteiger partial charge in [0, 0.05) is 38.8 Å². The van der Waals surface area contributed by atoms with Crippen molar-refractivity contribution in [2.75, 3.05) is 36.8 Å². The van der Waals surface area contributed by atoms with E-state index in [0.717, 1.165) is 19.3 Å². The number of rotatable bonds is 3. The first kappa shape index (κ1) is 15.7. The molecule has 1 atom stereocenters. The molecule has 1 aliphatic carbocycles. The Morgan fingerprint density at radius 3 is 3.00 bits per heavy atom. The molecule has 2 heterocycles. The summed E-state index contributed by atoms with van der Waals surface area (Å²) in [5.41, 5.74) is 6.92. The Morgan fingerprint density at radius 1 is 1.39 bits per heavy atom. The van der Waals surface area contributed by atoms with E-state index < -0.39 is 6.10 Å². The van der Waals surface area contributed by atoms with Crippen molar-refractivity contribution in [1.82, 2.24) is 14.9 Å². The molecule has 0 spiro atoms. The van der Waals surface area contributed by atoms with Gasteiger partial charge in [0.05, 0.1) is 6.10 Å². The van der Waals surface area contributed by atoms with Crippen molar-refractivity contribution in [3.63, 3.8) is 0 Å². The number of amides is 1. The van der Waals surface area contributed by atoms with Crippen molar-refractivity contribution >= 4 is 17.7 Å². The molecule has 3 rings (SSSR count). The molecule has 1 aromatic rings. The number of nitrogens with two attached hydrogens (primary N) is 1. The lowest BCUT2D eigenvalue weighted by Gasteiger charge is -2.22. The molecule has 1 saturated heterocycles. The molecular formula is C16H23N5O2. The van der Waals surface area contributed by atoms with E-state index in [0.29, 0.717) is 44.4 Å². The quantitative estimate of drug-likeness (QED) is 0.791. The predicted molar refractivity (Wildman–Crippen MR) is 87.8 cm³/mol. The maximum Gasteiger partial charge on any atom is 0.227 e. The molecular weight excluding hydrogens is 294 g/mol. The van der Waals surface area contributed by atoms with Crippen LogP contribution in [0.5, 0.6) is 0 Å². The fourth-order valence-corrected chi connectivity index (χ4v) is 3.12. The first-order valence-electron chi connectivity index (χ1n) is 8.09. The first-order chi connectivity index (χ1) is 11.1. The molecule has 0 bridgehead atoms. The summed E-state index contributed by atoms with van der Waals surface area (Å²) < 4.78 is 0. The molecule has 1 fully saturated rings. The summed E-state index contributed by atoms with van der Waals surface area (Å²) in [7, 11) is 0. The van der Waals surface area contributed by atoms with Gasteiger partial charge in [0.2, 0.25) is 11.9 Å². The fraction of sp³-hybridized carbons (Fsp3) is 0.562. The van der Waals surface area contributed by atoms with Crippen LogP contribution in [0, 0.1) is 0 Å². The minimum Gasteiger partial charge on any atom is -0.389 e. The van der Waals surface area contributed by atoms with Crippen molar-refractivity contribution in [2.24, 2.45) is 0 Å². The summed E-state index contributed by atoms with van der Waals surface area (Å²) in [5, 5.41) is 10.2. The van der Waals surface area contributed by atoms with Crippen LogP contribution in [-0.4, -0.2) is 58.2 Å². The fourth-order valence-electron chi connectivity index (χ4n) is 3.12. The number of aromatic nitrogens is 2. The Balaban J connectivity index is 1.64. The van der Waals surface area contributed by atoms with Gasteiger partial charge in [-0.3, -0.25) is 4.79 Å².